The third kappa shape index (κ3) is 2.88. The van der Waals surface area contributed by atoms with Gasteiger partial charge in [-0.1, -0.05) is 97.1 Å². The highest BCUT2D eigenvalue weighted by atomic mass is 16.1. The maximum Gasteiger partial charge on any atom is 0.134 e. The molecular formula is C26H21N3. The van der Waals surface area contributed by atoms with Crippen molar-refractivity contribution in [3.05, 3.63) is 120 Å². The summed E-state index contributed by atoms with van der Waals surface area (Å²) in [6.07, 6.45) is 0.521. The van der Waals surface area contributed by atoms with Gasteiger partial charge in [0.25, 0.3) is 0 Å². The predicted molar refractivity (Wildman–Crippen MR) is 116 cm³/mol. The van der Waals surface area contributed by atoms with Gasteiger partial charge in [-0.3, -0.25) is 0 Å². The Hall–Kier alpha value is -3.24. The molecule has 29 heavy (non-hydrogen) atoms. The Bertz CT molecular complexity index is 1070. The highest BCUT2D eigenvalue weighted by Gasteiger charge is 2.60. The second-order valence-electron chi connectivity index (χ2n) is 7.61. The molecule has 2 fully saturated rings. The minimum atomic E-state index is 0.226. The van der Waals surface area contributed by atoms with E-state index in [1.807, 2.05) is 0 Å². The molecule has 0 spiro atoms. The van der Waals surface area contributed by atoms with E-state index >= 15 is 0 Å². The molecule has 0 aliphatic carbocycles. The van der Waals surface area contributed by atoms with Crippen LogP contribution in [0.2, 0.25) is 0 Å². The summed E-state index contributed by atoms with van der Waals surface area (Å²) < 4.78 is 0. The van der Waals surface area contributed by atoms with Crippen LogP contribution >= 0.6 is 0 Å². The number of hydrogen-bond donors (Lipinski definition) is 1. The quantitative estimate of drug-likeness (QED) is 0.457. The van der Waals surface area contributed by atoms with Crippen LogP contribution in [0.15, 0.2) is 109 Å². The van der Waals surface area contributed by atoms with Crippen molar-refractivity contribution in [1.29, 1.82) is 0 Å². The van der Waals surface area contributed by atoms with Crippen molar-refractivity contribution >= 4 is 0 Å². The Kier molecular flexibility index (Phi) is 3.84. The minimum absolute atomic E-state index is 0.226. The molecule has 4 aromatic carbocycles. The summed E-state index contributed by atoms with van der Waals surface area (Å²) in [5.74, 6) is 0. The van der Waals surface area contributed by atoms with Crippen molar-refractivity contribution in [3.8, 4) is 22.3 Å². The molecule has 0 aromatic heterocycles. The molecule has 2 aliphatic rings. The Morgan fingerprint density at radius 3 is 1.66 bits per heavy atom. The number of nitrogens with one attached hydrogen (secondary N) is 1. The first-order chi connectivity index (χ1) is 14.4. The topological polar surface area (TPSA) is 18.0 Å². The van der Waals surface area contributed by atoms with Gasteiger partial charge in [-0.2, -0.15) is 5.01 Å². The fourth-order valence-corrected chi connectivity index (χ4v) is 4.27. The van der Waals surface area contributed by atoms with Gasteiger partial charge < -0.3 is 0 Å². The summed E-state index contributed by atoms with van der Waals surface area (Å²) in [6, 6.07) is 38.8. The van der Waals surface area contributed by atoms with E-state index in [0.717, 1.165) is 0 Å². The lowest BCUT2D eigenvalue weighted by molar-refractivity contribution is 0.0102. The third-order valence-corrected chi connectivity index (χ3v) is 5.80. The van der Waals surface area contributed by atoms with Crippen LogP contribution in [0.1, 0.15) is 23.5 Å². The SMILES string of the molecule is c1ccc(-c2cccc(C3N[N@]4C(c5cccc(-c6ccccc6)c5)N34)c2)cc1. The molecular weight excluding hydrogens is 354 g/mol. The lowest BCUT2D eigenvalue weighted by atomic mass is 10.0. The van der Waals surface area contributed by atoms with Crippen LogP contribution in [0.25, 0.3) is 22.3 Å². The van der Waals surface area contributed by atoms with E-state index < -0.39 is 0 Å². The largest absolute Gasteiger partial charge is 0.216 e. The van der Waals surface area contributed by atoms with Crippen LogP contribution in [0.5, 0.6) is 0 Å². The third-order valence-electron chi connectivity index (χ3n) is 5.80. The van der Waals surface area contributed by atoms with Crippen molar-refractivity contribution in [3.63, 3.8) is 0 Å². The molecule has 2 heterocycles. The van der Waals surface area contributed by atoms with Gasteiger partial charge in [0.1, 0.15) is 12.3 Å². The molecule has 3 unspecified atom stereocenters. The van der Waals surface area contributed by atoms with Crippen LogP contribution in [0, 0.1) is 0 Å². The number of nitrogens with zero attached hydrogens (tertiary/aromatic N) is 2. The van der Waals surface area contributed by atoms with Gasteiger partial charge in [-0.05, 0) is 45.5 Å². The van der Waals surface area contributed by atoms with Crippen LogP contribution in [0.3, 0.4) is 0 Å². The van der Waals surface area contributed by atoms with Gasteiger partial charge in [0.15, 0.2) is 0 Å². The molecule has 4 aromatic rings. The van der Waals surface area contributed by atoms with E-state index in [-0.39, 0.29) is 6.17 Å². The number of fused-ring (bicyclic) bond motifs is 1. The Morgan fingerprint density at radius 1 is 0.517 bits per heavy atom. The summed E-state index contributed by atoms with van der Waals surface area (Å²) in [7, 11) is 0. The molecule has 140 valence electrons. The van der Waals surface area contributed by atoms with E-state index in [2.05, 4.69) is 125 Å². The lowest BCUT2D eigenvalue weighted by Crippen LogP contribution is -2.44. The zero-order valence-electron chi connectivity index (χ0n) is 15.9. The Morgan fingerprint density at radius 2 is 1.03 bits per heavy atom. The van der Waals surface area contributed by atoms with E-state index in [1.165, 1.54) is 33.4 Å². The smallest absolute Gasteiger partial charge is 0.134 e. The molecule has 1 N–H and O–H groups in total. The fraction of sp³-hybridized carbons (Fsp3) is 0.0769. The molecule has 0 bridgehead atoms. The molecule has 3 nitrogen and oxygen atoms in total. The van der Waals surface area contributed by atoms with Crippen molar-refractivity contribution in [2.75, 3.05) is 0 Å². The molecule has 3 heteroatoms. The molecule has 0 amide bonds. The second-order valence-corrected chi connectivity index (χ2v) is 7.61. The van der Waals surface area contributed by atoms with Gasteiger partial charge in [0.2, 0.25) is 0 Å². The Labute approximate surface area is 170 Å². The van der Waals surface area contributed by atoms with Crippen molar-refractivity contribution < 1.29 is 0 Å². The standard InChI is InChI=1S/C26H21N3/c1-3-9-19(10-4-1)21-13-7-15-23(17-21)25-27-29-26(28(25)29)24-16-8-14-22(18-24)20-11-5-2-6-12-20/h1-18,25-27H/t25?,26?,28?,29-/m0/s1. The summed E-state index contributed by atoms with van der Waals surface area (Å²) in [4.78, 5) is 0. The van der Waals surface area contributed by atoms with Gasteiger partial charge in [-0.25, -0.2) is 5.43 Å². The normalized spacial score (nSPS) is 24.4. The molecule has 6 rings (SSSR count). The summed E-state index contributed by atoms with van der Waals surface area (Å²) in [5.41, 5.74) is 11.2. The van der Waals surface area contributed by atoms with Gasteiger partial charge in [0, 0.05) is 0 Å². The monoisotopic (exact) mass is 375 g/mol. The highest BCUT2D eigenvalue weighted by molar-refractivity contribution is 5.65. The molecule has 0 saturated carbocycles. The second kappa shape index (κ2) is 6.68. The first-order valence-electron chi connectivity index (χ1n) is 10.0. The number of rotatable bonds is 4. The number of hydrogen-bond acceptors (Lipinski definition) is 3. The van der Waals surface area contributed by atoms with Crippen LogP contribution in [0.4, 0.5) is 0 Å². The van der Waals surface area contributed by atoms with Gasteiger partial charge in [-0.15, -0.1) is 5.12 Å². The summed E-state index contributed by atoms with van der Waals surface area (Å²) in [6.45, 7) is 0. The highest BCUT2D eigenvalue weighted by Crippen LogP contribution is 2.53. The van der Waals surface area contributed by atoms with Crippen molar-refractivity contribution in [2.24, 2.45) is 0 Å². The first-order valence-corrected chi connectivity index (χ1v) is 10.0. The van der Waals surface area contributed by atoms with E-state index in [9.17, 15) is 0 Å². The van der Waals surface area contributed by atoms with Crippen molar-refractivity contribution in [1.82, 2.24) is 15.6 Å². The van der Waals surface area contributed by atoms with Crippen LogP contribution < -0.4 is 5.43 Å². The maximum atomic E-state index is 3.58. The first kappa shape index (κ1) is 16.7. The van der Waals surface area contributed by atoms with Crippen LogP contribution in [-0.4, -0.2) is 10.1 Å². The summed E-state index contributed by atoms with van der Waals surface area (Å²) in [5, 5.41) is 4.61. The van der Waals surface area contributed by atoms with E-state index in [1.54, 1.807) is 0 Å². The maximum absolute atomic E-state index is 3.58. The lowest BCUT2D eigenvalue weighted by Gasteiger charge is -2.29. The Balaban J connectivity index is 1.25. The van der Waals surface area contributed by atoms with Gasteiger partial charge in [0.05, 0.1) is 0 Å². The number of hydrazine groups is 2. The molecule has 2 aliphatic heterocycles. The molecule has 2 saturated heterocycles. The molecule has 0 radical (unpaired) electrons. The minimum Gasteiger partial charge on any atom is -0.216 e. The van der Waals surface area contributed by atoms with E-state index in [4.69, 9.17) is 0 Å². The van der Waals surface area contributed by atoms with E-state index in [0.29, 0.717) is 6.17 Å². The summed E-state index contributed by atoms with van der Waals surface area (Å²) >= 11 is 0. The average molecular weight is 375 g/mol. The predicted octanol–water partition coefficient (Wildman–Crippen LogP) is 5.77. The van der Waals surface area contributed by atoms with Crippen LogP contribution in [-0.2, 0) is 0 Å². The molecule has 4 atom stereocenters. The fourth-order valence-electron chi connectivity index (χ4n) is 4.27. The average Bonchev–Trinajstić information content (AvgIpc) is 3.38. The van der Waals surface area contributed by atoms with Crippen molar-refractivity contribution in [2.45, 2.75) is 12.3 Å². The zero-order chi connectivity index (χ0) is 19.2. The number of benzene rings is 4. The van der Waals surface area contributed by atoms with Gasteiger partial charge >= 0.3 is 0 Å². The zero-order valence-corrected chi connectivity index (χ0v) is 15.9.